The van der Waals surface area contributed by atoms with Gasteiger partial charge in [-0.2, -0.15) is 0 Å². The fourth-order valence-corrected chi connectivity index (χ4v) is 2.13. The third-order valence-corrected chi connectivity index (χ3v) is 3.47. The predicted octanol–water partition coefficient (Wildman–Crippen LogP) is 1.97. The van der Waals surface area contributed by atoms with E-state index in [0.717, 1.165) is 10.0 Å². The molecule has 110 valence electrons. The van der Waals surface area contributed by atoms with Crippen LogP contribution < -0.4 is 10.6 Å². The zero-order valence-corrected chi connectivity index (χ0v) is 13.2. The zero-order valence-electron chi connectivity index (χ0n) is 11.6. The molecule has 0 saturated carbocycles. The normalized spacial score (nSPS) is 11.8. The smallest absolute Gasteiger partial charge is 0.313 e. The van der Waals surface area contributed by atoms with Crippen molar-refractivity contribution < 1.29 is 14.7 Å². The highest BCUT2D eigenvalue weighted by Gasteiger charge is 2.14. The second kappa shape index (κ2) is 8.01. The SMILES string of the molecule is CCC(O)CCNC(=O)C(=O)Nc1ccc(C)cc1Br. The fourth-order valence-electron chi connectivity index (χ4n) is 1.54. The van der Waals surface area contributed by atoms with E-state index in [-0.39, 0.29) is 6.54 Å². The molecule has 1 aromatic rings. The molecule has 2 amide bonds. The standard InChI is InChI=1S/C14H19BrN2O3/c1-3-10(18)6-7-16-13(19)14(20)17-12-5-4-9(2)8-11(12)15/h4-5,8,10,18H,3,6-7H2,1-2H3,(H,16,19)(H,17,20). The van der Waals surface area contributed by atoms with Crippen molar-refractivity contribution in [3.05, 3.63) is 28.2 Å². The molecule has 0 bridgehead atoms. The molecule has 1 rings (SSSR count). The first-order valence-electron chi connectivity index (χ1n) is 6.47. The maximum atomic E-state index is 11.7. The summed E-state index contributed by atoms with van der Waals surface area (Å²) in [5.74, 6) is -1.43. The Morgan fingerprint density at radius 1 is 1.35 bits per heavy atom. The largest absolute Gasteiger partial charge is 0.393 e. The summed E-state index contributed by atoms with van der Waals surface area (Å²) < 4.78 is 0.722. The monoisotopic (exact) mass is 342 g/mol. The number of aryl methyl sites for hydroxylation is 1. The van der Waals surface area contributed by atoms with E-state index in [0.29, 0.717) is 18.5 Å². The highest BCUT2D eigenvalue weighted by molar-refractivity contribution is 9.10. The second-order valence-electron chi connectivity index (χ2n) is 4.54. The third kappa shape index (κ3) is 5.30. The van der Waals surface area contributed by atoms with Gasteiger partial charge in [0.1, 0.15) is 0 Å². The van der Waals surface area contributed by atoms with Crippen LogP contribution in [0.25, 0.3) is 0 Å². The quantitative estimate of drug-likeness (QED) is 0.716. The van der Waals surface area contributed by atoms with Gasteiger partial charge in [-0.25, -0.2) is 0 Å². The minimum absolute atomic E-state index is 0.274. The summed E-state index contributed by atoms with van der Waals surface area (Å²) in [4.78, 5) is 23.3. The van der Waals surface area contributed by atoms with Gasteiger partial charge in [-0.3, -0.25) is 9.59 Å². The van der Waals surface area contributed by atoms with E-state index in [1.165, 1.54) is 0 Å². The van der Waals surface area contributed by atoms with E-state index in [9.17, 15) is 14.7 Å². The van der Waals surface area contributed by atoms with Gasteiger partial charge < -0.3 is 15.7 Å². The molecule has 0 radical (unpaired) electrons. The van der Waals surface area contributed by atoms with E-state index < -0.39 is 17.9 Å². The van der Waals surface area contributed by atoms with Crippen LogP contribution in [0.15, 0.2) is 22.7 Å². The average molecular weight is 343 g/mol. The van der Waals surface area contributed by atoms with Gasteiger partial charge in [0, 0.05) is 11.0 Å². The maximum Gasteiger partial charge on any atom is 0.313 e. The number of hydrogen-bond acceptors (Lipinski definition) is 3. The van der Waals surface area contributed by atoms with E-state index in [1.807, 2.05) is 26.0 Å². The molecule has 1 atom stereocenters. The number of aliphatic hydroxyl groups is 1. The molecule has 0 fully saturated rings. The number of benzene rings is 1. The number of hydrogen-bond donors (Lipinski definition) is 3. The van der Waals surface area contributed by atoms with Crippen molar-refractivity contribution in [1.82, 2.24) is 5.32 Å². The van der Waals surface area contributed by atoms with Crippen LogP contribution in [-0.2, 0) is 9.59 Å². The Bertz CT molecular complexity index is 491. The van der Waals surface area contributed by atoms with E-state index in [2.05, 4.69) is 26.6 Å². The fraction of sp³-hybridized carbons (Fsp3) is 0.429. The van der Waals surface area contributed by atoms with Crippen molar-refractivity contribution in [2.45, 2.75) is 32.8 Å². The average Bonchev–Trinajstić information content (AvgIpc) is 2.41. The molecule has 0 spiro atoms. The van der Waals surface area contributed by atoms with Crippen LogP contribution in [0.1, 0.15) is 25.3 Å². The lowest BCUT2D eigenvalue weighted by molar-refractivity contribution is -0.136. The highest BCUT2D eigenvalue weighted by atomic mass is 79.9. The molecule has 1 aromatic carbocycles. The summed E-state index contributed by atoms with van der Waals surface area (Å²) >= 11 is 3.33. The Morgan fingerprint density at radius 3 is 2.65 bits per heavy atom. The summed E-state index contributed by atoms with van der Waals surface area (Å²) in [6.07, 6.45) is 0.604. The maximum absolute atomic E-state index is 11.7. The Morgan fingerprint density at radius 2 is 2.05 bits per heavy atom. The molecule has 1 unspecified atom stereocenters. The first kappa shape index (κ1) is 16.7. The number of nitrogens with one attached hydrogen (secondary N) is 2. The molecule has 0 saturated heterocycles. The summed E-state index contributed by atoms with van der Waals surface area (Å²) in [5, 5.41) is 14.4. The molecule has 0 aliphatic carbocycles. The number of amides is 2. The molecular formula is C14H19BrN2O3. The van der Waals surface area contributed by atoms with Crippen LogP contribution in [0, 0.1) is 6.92 Å². The number of rotatable bonds is 5. The van der Waals surface area contributed by atoms with Crippen molar-refractivity contribution >= 4 is 33.4 Å². The van der Waals surface area contributed by atoms with Gasteiger partial charge in [0.2, 0.25) is 0 Å². The van der Waals surface area contributed by atoms with E-state index in [4.69, 9.17) is 0 Å². The minimum Gasteiger partial charge on any atom is -0.393 e. The number of carbonyl (C=O) groups excluding carboxylic acids is 2. The van der Waals surface area contributed by atoms with Crippen molar-refractivity contribution in [3.63, 3.8) is 0 Å². The topological polar surface area (TPSA) is 78.4 Å². The number of carbonyl (C=O) groups is 2. The Hall–Kier alpha value is -1.40. The predicted molar refractivity (Wildman–Crippen MR) is 81.4 cm³/mol. The van der Waals surface area contributed by atoms with Gasteiger partial charge in [-0.15, -0.1) is 0 Å². The van der Waals surface area contributed by atoms with Gasteiger partial charge in [0.05, 0.1) is 11.8 Å². The van der Waals surface area contributed by atoms with Gasteiger partial charge >= 0.3 is 11.8 Å². The van der Waals surface area contributed by atoms with Crippen molar-refractivity contribution in [2.24, 2.45) is 0 Å². The highest BCUT2D eigenvalue weighted by Crippen LogP contribution is 2.23. The lowest BCUT2D eigenvalue weighted by atomic mass is 10.2. The second-order valence-corrected chi connectivity index (χ2v) is 5.40. The van der Waals surface area contributed by atoms with E-state index >= 15 is 0 Å². The van der Waals surface area contributed by atoms with Crippen LogP contribution in [0.5, 0.6) is 0 Å². The number of aliphatic hydroxyl groups excluding tert-OH is 1. The van der Waals surface area contributed by atoms with Gasteiger partial charge in [-0.05, 0) is 53.4 Å². The molecule has 6 heteroatoms. The number of anilines is 1. The van der Waals surface area contributed by atoms with Gasteiger partial charge in [0.15, 0.2) is 0 Å². The summed E-state index contributed by atoms with van der Waals surface area (Å²) in [7, 11) is 0. The minimum atomic E-state index is -0.722. The van der Waals surface area contributed by atoms with Gasteiger partial charge in [-0.1, -0.05) is 13.0 Å². The summed E-state index contributed by atoms with van der Waals surface area (Å²) in [6, 6.07) is 5.42. The molecule has 0 aliphatic heterocycles. The molecule has 0 aromatic heterocycles. The lowest BCUT2D eigenvalue weighted by Gasteiger charge is -2.10. The van der Waals surface area contributed by atoms with Gasteiger partial charge in [0.25, 0.3) is 0 Å². The molecule has 20 heavy (non-hydrogen) atoms. The molecule has 0 heterocycles. The van der Waals surface area contributed by atoms with Crippen LogP contribution in [-0.4, -0.2) is 29.6 Å². The third-order valence-electron chi connectivity index (χ3n) is 2.81. The molecular weight excluding hydrogens is 324 g/mol. The first-order valence-corrected chi connectivity index (χ1v) is 7.26. The van der Waals surface area contributed by atoms with E-state index in [1.54, 1.807) is 6.07 Å². The van der Waals surface area contributed by atoms with Crippen LogP contribution >= 0.6 is 15.9 Å². The lowest BCUT2D eigenvalue weighted by Crippen LogP contribution is -2.36. The van der Waals surface area contributed by atoms with Crippen LogP contribution in [0.4, 0.5) is 5.69 Å². The Balaban J connectivity index is 2.47. The van der Waals surface area contributed by atoms with Crippen molar-refractivity contribution in [1.29, 1.82) is 0 Å². The Kier molecular flexibility index (Phi) is 6.67. The summed E-state index contributed by atoms with van der Waals surface area (Å²) in [6.45, 7) is 4.06. The first-order chi connectivity index (χ1) is 9.43. The van der Waals surface area contributed by atoms with Crippen molar-refractivity contribution in [3.8, 4) is 0 Å². The number of halogens is 1. The van der Waals surface area contributed by atoms with Crippen LogP contribution in [0.2, 0.25) is 0 Å². The zero-order chi connectivity index (χ0) is 15.1. The van der Waals surface area contributed by atoms with Crippen molar-refractivity contribution in [2.75, 3.05) is 11.9 Å². The molecule has 5 nitrogen and oxygen atoms in total. The summed E-state index contributed by atoms with van der Waals surface area (Å²) in [5.41, 5.74) is 1.59. The molecule has 3 N–H and O–H groups in total. The Labute approximate surface area is 126 Å². The van der Waals surface area contributed by atoms with Crippen LogP contribution in [0.3, 0.4) is 0 Å². The molecule has 0 aliphatic rings.